The van der Waals surface area contributed by atoms with Crippen molar-refractivity contribution < 1.29 is 9.47 Å². The second-order valence-electron chi connectivity index (χ2n) is 6.43. The van der Waals surface area contributed by atoms with Gasteiger partial charge >= 0.3 is 0 Å². The Hall–Kier alpha value is -1.26. The highest BCUT2D eigenvalue weighted by molar-refractivity contribution is 5.48. The van der Waals surface area contributed by atoms with Crippen LogP contribution in [0.3, 0.4) is 0 Å². The van der Waals surface area contributed by atoms with Gasteiger partial charge in [-0.15, -0.1) is 0 Å². The minimum atomic E-state index is 0.378. The van der Waals surface area contributed by atoms with Crippen LogP contribution in [-0.4, -0.2) is 38.8 Å². The van der Waals surface area contributed by atoms with E-state index in [1.807, 2.05) is 6.07 Å². The molecule has 3 rings (SSSR count). The molecule has 1 aliphatic carbocycles. The van der Waals surface area contributed by atoms with Gasteiger partial charge < -0.3 is 15.2 Å². The fraction of sp³-hybridized carbons (Fsp3) is 0.647. The van der Waals surface area contributed by atoms with Crippen molar-refractivity contribution in [1.82, 2.24) is 4.90 Å². The molecule has 1 aliphatic heterocycles. The lowest BCUT2D eigenvalue weighted by Gasteiger charge is -2.23. The second-order valence-corrected chi connectivity index (χ2v) is 6.43. The predicted molar refractivity (Wildman–Crippen MR) is 83.7 cm³/mol. The molecule has 1 saturated heterocycles. The van der Waals surface area contributed by atoms with Crippen LogP contribution in [0.15, 0.2) is 18.2 Å². The fourth-order valence-electron chi connectivity index (χ4n) is 3.24. The van der Waals surface area contributed by atoms with Crippen LogP contribution in [0, 0.1) is 11.8 Å². The van der Waals surface area contributed by atoms with Crippen molar-refractivity contribution in [3.05, 3.63) is 23.8 Å². The molecule has 1 aromatic rings. The zero-order valence-electron chi connectivity index (χ0n) is 13.0. The standard InChI is InChI=1S/C17H26N2O2/c1-19-10-13(9-18)8-15(19)14-4-3-5-16(20-2)17(14)21-11-12-6-7-12/h3-5,12-13,15H,6-11,18H2,1-2H3. The SMILES string of the molecule is COc1cccc(C2CC(CN)CN2C)c1OCC1CC1. The average Bonchev–Trinajstić information content (AvgIpc) is 3.26. The van der Waals surface area contributed by atoms with Crippen molar-refractivity contribution in [1.29, 1.82) is 0 Å². The van der Waals surface area contributed by atoms with Crippen molar-refractivity contribution in [2.24, 2.45) is 17.6 Å². The molecule has 2 unspecified atom stereocenters. The molecule has 1 aromatic carbocycles. The first-order valence-electron chi connectivity index (χ1n) is 7.93. The van der Waals surface area contributed by atoms with E-state index < -0.39 is 0 Å². The van der Waals surface area contributed by atoms with Gasteiger partial charge in [-0.2, -0.15) is 0 Å². The number of hydrogen-bond donors (Lipinski definition) is 1. The zero-order valence-corrected chi connectivity index (χ0v) is 13.0. The fourth-order valence-corrected chi connectivity index (χ4v) is 3.24. The minimum Gasteiger partial charge on any atom is -0.493 e. The molecule has 0 spiro atoms. The van der Waals surface area contributed by atoms with Gasteiger partial charge in [-0.25, -0.2) is 0 Å². The highest BCUT2D eigenvalue weighted by Gasteiger charge is 2.33. The first-order chi connectivity index (χ1) is 10.2. The van der Waals surface area contributed by atoms with Crippen LogP contribution >= 0.6 is 0 Å². The third-order valence-electron chi connectivity index (χ3n) is 4.72. The van der Waals surface area contributed by atoms with Crippen LogP contribution in [-0.2, 0) is 0 Å². The van der Waals surface area contributed by atoms with Crippen molar-refractivity contribution in [2.75, 3.05) is 33.9 Å². The predicted octanol–water partition coefficient (Wildman–Crippen LogP) is 2.44. The van der Waals surface area contributed by atoms with Crippen molar-refractivity contribution in [3.63, 3.8) is 0 Å². The number of rotatable bonds is 6. The molecule has 2 atom stereocenters. The molecular formula is C17H26N2O2. The van der Waals surface area contributed by atoms with Crippen LogP contribution in [0.4, 0.5) is 0 Å². The Bertz CT molecular complexity index is 488. The molecular weight excluding hydrogens is 264 g/mol. The van der Waals surface area contributed by atoms with Crippen LogP contribution in [0.2, 0.25) is 0 Å². The Morgan fingerprint density at radius 1 is 1.29 bits per heavy atom. The topological polar surface area (TPSA) is 47.7 Å². The van der Waals surface area contributed by atoms with E-state index in [0.29, 0.717) is 12.0 Å². The highest BCUT2D eigenvalue weighted by Crippen LogP contribution is 2.43. The molecule has 1 saturated carbocycles. The summed E-state index contributed by atoms with van der Waals surface area (Å²) in [7, 11) is 3.88. The maximum atomic E-state index is 6.13. The third-order valence-corrected chi connectivity index (χ3v) is 4.72. The van der Waals surface area contributed by atoms with Crippen LogP contribution in [0.25, 0.3) is 0 Å². The first kappa shape index (κ1) is 14.7. The number of nitrogens with zero attached hydrogens (tertiary/aromatic N) is 1. The lowest BCUT2D eigenvalue weighted by atomic mass is 9.98. The Labute approximate surface area is 127 Å². The van der Waals surface area contributed by atoms with Gasteiger partial charge in [-0.05, 0) is 50.8 Å². The third kappa shape index (κ3) is 3.16. The maximum absolute atomic E-state index is 6.13. The average molecular weight is 290 g/mol. The monoisotopic (exact) mass is 290 g/mol. The Balaban J connectivity index is 1.85. The van der Waals surface area contributed by atoms with E-state index >= 15 is 0 Å². The largest absolute Gasteiger partial charge is 0.493 e. The summed E-state index contributed by atoms with van der Waals surface area (Å²) >= 11 is 0. The Morgan fingerprint density at radius 2 is 2.10 bits per heavy atom. The van der Waals surface area contributed by atoms with E-state index in [4.69, 9.17) is 15.2 Å². The summed E-state index contributed by atoms with van der Waals surface area (Å²) in [6, 6.07) is 6.59. The normalized spacial score (nSPS) is 26.0. The summed E-state index contributed by atoms with van der Waals surface area (Å²) in [5, 5.41) is 0. The smallest absolute Gasteiger partial charge is 0.165 e. The van der Waals surface area contributed by atoms with Crippen LogP contribution in [0.1, 0.15) is 30.9 Å². The molecule has 116 valence electrons. The van der Waals surface area contributed by atoms with Gasteiger partial charge in [0.1, 0.15) is 0 Å². The summed E-state index contributed by atoms with van der Waals surface area (Å²) in [4.78, 5) is 2.39. The zero-order chi connectivity index (χ0) is 14.8. The van der Waals surface area contributed by atoms with Crippen LogP contribution < -0.4 is 15.2 Å². The van der Waals surface area contributed by atoms with Gasteiger partial charge in [-0.3, -0.25) is 4.90 Å². The highest BCUT2D eigenvalue weighted by atomic mass is 16.5. The van der Waals surface area contributed by atoms with Gasteiger partial charge in [-0.1, -0.05) is 12.1 Å². The van der Waals surface area contributed by atoms with Crippen molar-refractivity contribution >= 4 is 0 Å². The molecule has 21 heavy (non-hydrogen) atoms. The van der Waals surface area contributed by atoms with Crippen molar-refractivity contribution in [2.45, 2.75) is 25.3 Å². The molecule has 2 N–H and O–H groups in total. The number of benzene rings is 1. The molecule has 2 aliphatic rings. The van der Waals surface area contributed by atoms with E-state index in [1.165, 1.54) is 18.4 Å². The molecule has 1 heterocycles. The Kier molecular flexibility index (Phi) is 4.36. The van der Waals surface area contributed by atoms with Crippen molar-refractivity contribution in [3.8, 4) is 11.5 Å². The molecule has 4 nitrogen and oxygen atoms in total. The molecule has 0 aromatic heterocycles. The number of para-hydroxylation sites is 1. The number of likely N-dealkylation sites (tertiary alicyclic amines) is 1. The summed E-state index contributed by atoms with van der Waals surface area (Å²) in [5.41, 5.74) is 7.10. The second kappa shape index (κ2) is 6.24. The lowest BCUT2D eigenvalue weighted by Crippen LogP contribution is -2.21. The summed E-state index contributed by atoms with van der Waals surface area (Å²) in [6.07, 6.45) is 3.69. The molecule has 0 bridgehead atoms. The van der Waals surface area contributed by atoms with E-state index in [1.54, 1.807) is 7.11 Å². The molecule has 4 heteroatoms. The van der Waals surface area contributed by atoms with Gasteiger partial charge in [0, 0.05) is 18.2 Å². The molecule has 2 fully saturated rings. The quantitative estimate of drug-likeness (QED) is 0.874. The summed E-state index contributed by atoms with van der Waals surface area (Å²) in [6.45, 7) is 2.62. The number of methoxy groups -OCH3 is 1. The number of nitrogens with two attached hydrogens (primary N) is 1. The summed E-state index contributed by atoms with van der Waals surface area (Å²) < 4.78 is 11.6. The first-order valence-corrected chi connectivity index (χ1v) is 7.93. The van der Waals surface area contributed by atoms with Gasteiger partial charge in [0.25, 0.3) is 0 Å². The number of ether oxygens (including phenoxy) is 2. The Morgan fingerprint density at radius 3 is 2.71 bits per heavy atom. The molecule has 0 amide bonds. The van der Waals surface area contributed by atoms with E-state index in [9.17, 15) is 0 Å². The van der Waals surface area contributed by atoms with E-state index in [0.717, 1.165) is 43.5 Å². The lowest BCUT2D eigenvalue weighted by molar-refractivity contribution is 0.260. The van der Waals surface area contributed by atoms with Gasteiger partial charge in [0.15, 0.2) is 11.5 Å². The van der Waals surface area contributed by atoms with E-state index in [-0.39, 0.29) is 0 Å². The van der Waals surface area contributed by atoms with Crippen LogP contribution in [0.5, 0.6) is 11.5 Å². The van der Waals surface area contributed by atoms with Gasteiger partial charge in [0.2, 0.25) is 0 Å². The maximum Gasteiger partial charge on any atom is 0.165 e. The summed E-state index contributed by atoms with van der Waals surface area (Å²) in [5.74, 6) is 3.09. The van der Waals surface area contributed by atoms with Gasteiger partial charge in [0.05, 0.1) is 13.7 Å². The van der Waals surface area contributed by atoms with E-state index in [2.05, 4.69) is 24.1 Å². The number of hydrogen-bond acceptors (Lipinski definition) is 4. The minimum absolute atomic E-state index is 0.378. The molecule has 0 radical (unpaired) electrons.